The zero-order valence-corrected chi connectivity index (χ0v) is 15.5. The molecule has 1 saturated carbocycles. The van der Waals surface area contributed by atoms with Crippen molar-refractivity contribution < 1.29 is 5.11 Å². The first kappa shape index (κ1) is 18.3. The molecule has 1 fully saturated rings. The van der Waals surface area contributed by atoms with Crippen LogP contribution >= 0.6 is 12.6 Å². The average molecular weight is 366 g/mol. The number of nitrogens with zero attached hydrogens (tertiary/aromatic N) is 3. The van der Waals surface area contributed by atoms with Crippen LogP contribution in [0.4, 0.5) is 0 Å². The Morgan fingerprint density at radius 1 is 1.32 bits per heavy atom. The van der Waals surface area contributed by atoms with Crippen molar-refractivity contribution in [2.45, 2.75) is 69.7 Å². The molecule has 0 aromatic carbocycles. The fourth-order valence-corrected chi connectivity index (χ4v) is 3.89. The Bertz CT molecular complexity index is 848. The van der Waals surface area contributed by atoms with Gasteiger partial charge < -0.3 is 10.1 Å². The van der Waals surface area contributed by atoms with Gasteiger partial charge >= 0.3 is 5.69 Å². The number of aliphatic hydroxyl groups is 1. The van der Waals surface area contributed by atoms with Gasteiger partial charge in [0.1, 0.15) is 11.3 Å². The molecule has 2 aromatic heterocycles. The van der Waals surface area contributed by atoms with Crippen molar-refractivity contribution in [3.05, 3.63) is 26.7 Å². The molecule has 0 bridgehead atoms. The van der Waals surface area contributed by atoms with E-state index in [1.165, 1.54) is 22.0 Å². The molecule has 3 rings (SSSR count). The fourth-order valence-electron chi connectivity index (χ4n) is 3.61. The van der Waals surface area contributed by atoms with Gasteiger partial charge in [-0.1, -0.05) is 19.8 Å². The van der Waals surface area contributed by atoms with Crippen molar-refractivity contribution >= 4 is 23.8 Å². The van der Waals surface area contributed by atoms with Gasteiger partial charge in [0.25, 0.3) is 5.56 Å². The third kappa shape index (κ3) is 3.55. The molecule has 8 heteroatoms. The maximum absolute atomic E-state index is 12.8. The van der Waals surface area contributed by atoms with Crippen LogP contribution in [0.1, 0.15) is 57.2 Å². The van der Waals surface area contributed by atoms with E-state index in [4.69, 9.17) is 5.11 Å². The Hall–Kier alpha value is -1.54. The summed E-state index contributed by atoms with van der Waals surface area (Å²) in [7, 11) is 0. The Labute approximate surface area is 151 Å². The molecule has 0 aliphatic heterocycles. The van der Waals surface area contributed by atoms with E-state index in [0.29, 0.717) is 43.0 Å². The largest absolute Gasteiger partial charge is 0.396 e. The number of aromatic nitrogens is 4. The van der Waals surface area contributed by atoms with E-state index < -0.39 is 0 Å². The van der Waals surface area contributed by atoms with Gasteiger partial charge in [0.2, 0.25) is 0 Å². The lowest BCUT2D eigenvalue weighted by Crippen LogP contribution is -2.41. The zero-order chi connectivity index (χ0) is 18.0. The monoisotopic (exact) mass is 366 g/mol. The van der Waals surface area contributed by atoms with Gasteiger partial charge in [-0.2, -0.15) is 12.6 Å². The summed E-state index contributed by atoms with van der Waals surface area (Å²) in [4.78, 5) is 33.4. The minimum Gasteiger partial charge on any atom is -0.396 e. The first-order chi connectivity index (χ1) is 12.1. The van der Waals surface area contributed by atoms with Crippen LogP contribution in [-0.4, -0.2) is 36.1 Å². The number of fused-ring (bicyclic) bond motifs is 1. The van der Waals surface area contributed by atoms with Crippen LogP contribution in [0.5, 0.6) is 0 Å². The molecule has 1 aliphatic rings. The van der Waals surface area contributed by atoms with Crippen molar-refractivity contribution in [3.63, 3.8) is 0 Å². The molecule has 138 valence electrons. The second kappa shape index (κ2) is 7.78. The molecule has 2 N–H and O–H groups in total. The van der Waals surface area contributed by atoms with Crippen molar-refractivity contribution in [3.8, 4) is 0 Å². The molecule has 0 amide bonds. The van der Waals surface area contributed by atoms with Crippen molar-refractivity contribution in [2.75, 3.05) is 6.61 Å². The second-order valence-corrected chi connectivity index (χ2v) is 7.55. The Morgan fingerprint density at radius 3 is 2.68 bits per heavy atom. The predicted molar refractivity (Wildman–Crippen MR) is 101 cm³/mol. The normalized spacial score (nSPS) is 16.8. The quantitative estimate of drug-likeness (QED) is 0.650. The van der Waals surface area contributed by atoms with Gasteiger partial charge in [-0.25, -0.2) is 9.78 Å². The molecule has 2 aromatic rings. The molecule has 7 nitrogen and oxygen atoms in total. The lowest BCUT2D eigenvalue weighted by Gasteiger charge is -2.14. The van der Waals surface area contributed by atoms with Crippen molar-refractivity contribution in [1.29, 1.82) is 0 Å². The Morgan fingerprint density at radius 2 is 2.04 bits per heavy atom. The SMILES string of the molecule is CCCn1c(=O)c2[nH]c(C3CCCC3)nc2n(CC(S)CCO)c1=O. The number of H-pyrrole nitrogens is 1. The number of aliphatic hydroxyl groups excluding tert-OH is 1. The van der Waals surface area contributed by atoms with Gasteiger partial charge in [0.15, 0.2) is 5.65 Å². The molecule has 0 saturated heterocycles. The van der Waals surface area contributed by atoms with E-state index >= 15 is 0 Å². The van der Waals surface area contributed by atoms with E-state index in [1.807, 2.05) is 6.92 Å². The number of hydrogen-bond acceptors (Lipinski definition) is 5. The molecular weight excluding hydrogens is 340 g/mol. The summed E-state index contributed by atoms with van der Waals surface area (Å²) in [5.74, 6) is 1.14. The van der Waals surface area contributed by atoms with Gasteiger partial charge in [-0.05, 0) is 25.7 Å². The van der Waals surface area contributed by atoms with Gasteiger partial charge in [-0.3, -0.25) is 13.9 Å². The first-order valence-electron chi connectivity index (χ1n) is 9.09. The van der Waals surface area contributed by atoms with E-state index in [2.05, 4.69) is 22.6 Å². The molecule has 1 unspecified atom stereocenters. The van der Waals surface area contributed by atoms with E-state index in [-0.39, 0.29) is 23.1 Å². The van der Waals surface area contributed by atoms with E-state index in [1.54, 1.807) is 0 Å². The molecular formula is C17H26N4O3S. The maximum atomic E-state index is 12.8. The molecule has 1 atom stereocenters. The minimum atomic E-state index is -0.346. The molecule has 0 spiro atoms. The summed E-state index contributed by atoms with van der Waals surface area (Å²) < 4.78 is 2.81. The topological polar surface area (TPSA) is 92.9 Å². The number of imidazole rings is 1. The fraction of sp³-hybridized carbons (Fsp3) is 0.706. The number of hydrogen-bond donors (Lipinski definition) is 3. The molecule has 1 aliphatic carbocycles. The lowest BCUT2D eigenvalue weighted by molar-refractivity contribution is 0.283. The Balaban J connectivity index is 2.15. The van der Waals surface area contributed by atoms with Crippen molar-refractivity contribution in [2.24, 2.45) is 0 Å². The standard InChI is InChI=1S/C17H26N4O3S/c1-2-8-20-16(23)13-15(19-14(18-13)11-5-3-4-6-11)21(17(20)24)10-12(25)7-9-22/h11-12,22,25H,2-10H2,1H3,(H,18,19). The summed E-state index contributed by atoms with van der Waals surface area (Å²) in [5.41, 5.74) is 0.175. The first-order valence-corrected chi connectivity index (χ1v) is 9.60. The maximum Gasteiger partial charge on any atom is 0.332 e. The zero-order valence-electron chi connectivity index (χ0n) is 14.6. The average Bonchev–Trinajstić information content (AvgIpc) is 3.24. The highest BCUT2D eigenvalue weighted by Gasteiger charge is 2.24. The predicted octanol–water partition coefficient (Wildman–Crippen LogP) is 1.63. The van der Waals surface area contributed by atoms with Crippen LogP contribution < -0.4 is 11.2 Å². The number of thiol groups is 1. The number of aromatic amines is 1. The van der Waals surface area contributed by atoms with Crippen LogP contribution in [0, 0.1) is 0 Å². The highest BCUT2D eigenvalue weighted by Crippen LogP contribution is 2.32. The summed E-state index contributed by atoms with van der Waals surface area (Å²) in [5, 5.41) is 8.94. The van der Waals surface area contributed by atoms with Crippen LogP contribution in [0.15, 0.2) is 9.59 Å². The molecule has 2 heterocycles. The minimum absolute atomic E-state index is 0.00848. The van der Waals surface area contributed by atoms with E-state index in [0.717, 1.165) is 18.7 Å². The second-order valence-electron chi connectivity index (χ2n) is 6.82. The Kier molecular flexibility index (Phi) is 5.68. The third-order valence-electron chi connectivity index (χ3n) is 4.92. The highest BCUT2D eigenvalue weighted by atomic mass is 32.1. The third-order valence-corrected chi connectivity index (χ3v) is 5.35. The van der Waals surface area contributed by atoms with Gasteiger partial charge in [0.05, 0.1) is 0 Å². The van der Waals surface area contributed by atoms with Gasteiger partial charge in [-0.15, -0.1) is 0 Å². The lowest BCUT2D eigenvalue weighted by atomic mass is 10.1. The number of rotatable bonds is 7. The summed E-state index contributed by atoms with van der Waals surface area (Å²) in [6, 6.07) is 0. The van der Waals surface area contributed by atoms with Crippen LogP contribution in [0.3, 0.4) is 0 Å². The summed E-state index contributed by atoms with van der Waals surface area (Å²) in [6.07, 6.45) is 5.64. The van der Waals surface area contributed by atoms with E-state index in [9.17, 15) is 9.59 Å². The number of nitrogens with one attached hydrogen (secondary N) is 1. The summed E-state index contributed by atoms with van der Waals surface area (Å²) in [6.45, 7) is 2.64. The van der Waals surface area contributed by atoms with Gasteiger partial charge in [0, 0.05) is 30.9 Å². The smallest absolute Gasteiger partial charge is 0.332 e. The summed E-state index contributed by atoms with van der Waals surface area (Å²) >= 11 is 4.46. The van der Waals surface area contributed by atoms with Crippen molar-refractivity contribution in [1.82, 2.24) is 19.1 Å². The van der Waals surface area contributed by atoms with Crippen LogP contribution in [-0.2, 0) is 13.1 Å². The highest BCUT2D eigenvalue weighted by molar-refractivity contribution is 7.80. The van der Waals surface area contributed by atoms with Crippen LogP contribution in [0.25, 0.3) is 11.2 Å². The molecule has 0 radical (unpaired) electrons. The van der Waals surface area contributed by atoms with Crippen LogP contribution in [0.2, 0.25) is 0 Å². The molecule has 25 heavy (non-hydrogen) atoms.